The smallest absolute Gasteiger partial charge is 0.343 e. The predicted molar refractivity (Wildman–Crippen MR) is 96.2 cm³/mol. The summed E-state index contributed by atoms with van der Waals surface area (Å²) in [7, 11) is 1.32. The molecule has 2 aromatic rings. The summed E-state index contributed by atoms with van der Waals surface area (Å²) in [6.07, 6.45) is 3.98. The molecule has 0 radical (unpaired) electrons. The number of benzene rings is 2. The number of hydrogen-bond acceptors (Lipinski definition) is 4. The van der Waals surface area contributed by atoms with Crippen molar-refractivity contribution in [3.63, 3.8) is 0 Å². The quantitative estimate of drug-likeness (QED) is 0.807. The van der Waals surface area contributed by atoms with Gasteiger partial charge in [0.25, 0.3) is 0 Å². The zero-order valence-electron chi connectivity index (χ0n) is 14.2. The number of amides is 1. The first kappa shape index (κ1) is 16.8. The summed E-state index contributed by atoms with van der Waals surface area (Å²) in [4.78, 5) is 25.1. The highest BCUT2D eigenvalue weighted by atomic mass is 16.6. The van der Waals surface area contributed by atoms with Crippen LogP contribution in [0.5, 0.6) is 5.75 Å². The molecule has 128 valence electrons. The van der Waals surface area contributed by atoms with Crippen LogP contribution < -0.4 is 9.64 Å². The zero-order valence-corrected chi connectivity index (χ0v) is 14.2. The number of fused-ring (bicyclic) bond motifs is 2. The number of para-hydroxylation sites is 1. The monoisotopic (exact) mass is 337 g/mol. The number of ether oxygens (including phenoxy) is 2. The molecule has 0 saturated heterocycles. The van der Waals surface area contributed by atoms with Gasteiger partial charge in [-0.15, -0.1) is 0 Å². The molecule has 1 aliphatic heterocycles. The van der Waals surface area contributed by atoms with E-state index in [1.165, 1.54) is 7.11 Å². The predicted octanol–water partition coefficient (Wildman–Crippen LogP) is 3.28. The lowest BCUT2D eigenvalue weighted by atomic mass is 10.0. The largest absolute Gasteiger partial charge is 0.482 e. The van der Waals surface area contributed by atoms with Gasteiger partial charge in [0.05, 0.1) is 19.3 Å². The van der Waals surface area contributed by atoms with E-state index in [0.717, 1.165) is 22.4 Å². The van der Waals surface area contributed by atoms with E-state index in [1.807, 2.05) is 48.6 Å². The Labute approximate surface area is 146 Å². The third kappa shape index (κ3) is 3.71. The molecule has 0 bridgehead atoms. The molecule has 1 amide bonds. The van der Waals surface area contributed by atoms with Crippen molar-refractivity contribution in [1.29, 1.82) is 0 Å². The standard InChI is InChI=1S/C20H19NO4/c1-14(22)21-12-17-9-10-18(25-13-20(23)24-2)11-16(17)8-7-15-5-3-4-6-19(15)21/h3-11H,12-13H2,1-2H3. The van der Waals surface area contributed by atoms with E-state index in [4.69, 9.17) is 4.74 Å². The van der Waals surface area contributed by atoms with E-state index in [1.54, 1.807) is 17.9 Å². The molecule has 5 heteroatoms. The molecule has 0 N–H and O–H groups in total. The van der Waals surface area contributed by atoms with Gasteiger partial charge in [0, 0.05) is 6.92 Å². The molecule has 0 atom stereocenters. The molecule has 0 unspecified atom stereocenters. The van der Waals surface area contributed by atoms with Crippen LogP contribution in [0.4, 0.5) is 5.69 Å². The number of methoxy groups -OCH3 is 1. The Morgan fingerprint density at radius 1 is 1.08 bits per heavy atom. The first-order valence-corrected chi connectivity index (χ1v) is 7.96. The Balaban J connectivity index is 1.96. The van der Waals surface area contributed by atoms with Crippen molar-refractivity contribution in [3.8, 4) is 5.75 Å². The highest BCUT2D eigenvalue weighted by Crippen LogP contribution is 2.30. The summed E-state index contributed by atoms with van der Waals surface area (Å²) in [5.74, 6) is 0.135. The summed E-state index contributed by atoms with van der Waals surface area (Å²) in [6, 6.07) is 13.4. The summed E-state index contributed by atoms with van der Waals surface area (Å²) in [6.45, 7) is 1.90. The van der Waals surface area contributed by atoms with Gasteiger partial charge in [-0.2, -0.15) is 0 Å². The third-order valence-electron chi connectivity index (χ3n) is 4.08. The van der Waals surface area contributed by atoms with Gasteiger partial charge in [-0.1, -0.05) is 36.4 Å². The minimum Gasteiger partial charge on any atom is -0.482 e. The number of carbonyl (C=O) groups excluding carboxylic acids is 2. The van der Waals surface area contributed by atoms with Crippen LogP contribution in [0.25, 0.3) is 12.2 Å². The van der Waals surface area contributed by atoms with Crippen LogP contribution in [-0.4, -0.2) is 25.6 Å². The molecule has 0 spiro atoms. The zero-order chi connectivity index (χ0) is 17.8. The molecule has 3 rings (SSSR count). The van der Waals surface area contributed by atoms with Gasteiger partial charge in [0.1, 0.15) is 5.75 Å². The summed E-state index contributed by atoms with van der Waals surface area (Å²) in [5, 5.41) is 0. The second kappa shape index (κ2) is 7.21. The van der Waals surface area contributed by atoms with E-state index in [0.29, 0.717) is 12.3 Å². The van der Waals surface area contributed by atoms with Gasteiger partial charge >= 0.3 is 5.97 Å². The van der Waals surface area contributed by atoms with Crippen molar-refractivity contribution in [2.45, 2.75) is 13.5 Å². The first-order chi connectivity index (χ1) is 12.1. The van der Waals surface area contributed by atoms with Crippen molar-refractivity contribution < 1.29 is 19.1 Å². The van der Waals surface area contributed by atoms with Crippen molar-refractivity contribution in [3.05, 3.63) is 59.2 Å². The molecule has 5 nitrogen and oxygen atoms in total. The number of hydrogen-bond donors (Lipinski definition) is 0. The van der Waals surface area contributed by atoms with E-state index in [9.17, 15) is 9.59 Å². The van der Waals surface area contributed by atoms with Gasteiger partial charge in [-0.3, -0.25) is 4.79 Å². The lowest BCUT2D eigenvalue weighted by molar-refractivity contribution is -0.142. The number of carbonyl (C=O) groups is 2. The Hall–Kier alpha value is -3.08. The molecule has 25 heavy (non-hydrogen) atoms. The molecule has 0 aromatic heterocycles. The van der Waals surface area contributed by atoms with Crippen LogP contribution in [0.3, 0.4) is 0 Å². The van der Waals surface area contributed by atoms with Crippen LogP contribution >= 0.6 is 0 Å². The summed E-state index contributed by atoms with van der Waals surface area (Å²) in [5.41, 5.74) is 3.82. The average Bonchev–Trinajstić information content (AvgIpc) is 2.61. The van der Waals surface area contributed by atoms with Gasteiger partial charge in [0.15, 0.2) is 6.61 Å². The van der Waals surface area contributed by atoms with E-state index < -0.39 is 5.97 Å². The van der Waals surface area contributed by atoms with Crippen LogP contribution in [0, 0.1) is 0 Å². The maximum absolute atomic E-state index is 12.1. The fraction of sp³-hybridized carbons (Fsp3) is 0.200. The Bertz CT molecular complexity index is 841. The SMILES string of the molecule is COC(=O)COc1ccc2c(c1)C=Cc1ccccc1N(C(C)=O)C2. The second-order valence-corrected chi connectivity index (χ2v) is 5.72. The normalized spacial score (nSPS) is 12.5. The van der Waals surface area contributed by atoms with Crippen molar-refractivity contribution in [2.75, 3.05) is 18.6 Å². The fourth-order valence-corrected chi connectivity index (χ4v) is 2.75. The fourth-order valence-electron chi connectivity index (χ4n) is 2.75. The maximum Gasteiger partial charge on any atom is 0.343 e. The Kier molecular flexibility index (Phi) is 4.84. The molecule has 1 aliphatic rings. The third-order valence-corrected chi connectivity index (χ3v) is 4.08. The molecule has 0 aliphatic carbocycles. The number of rotatable bonds is 3. The molecule has 2 aromatic carbocycles. The van der Waals surface area contributed by atoms with Crippen LogP contribution in [0.2, 0.25) is 0 Å². The van der Waals surface area contributed by atoms with Crippen molar-refractivity contribution >= 4 is 29.7 Å². The summed E-state index contributed by atoms with van der Waals surface area (Å²) >= 11 is 0. The van der Waals surface area contributed by atoms with E-state index in [-0.39, 0.29) is 12.5 Å². The number of nitrogens with zero attached hydrogens (tertiary/aromatic N) is 1. The van der Waals surface area contributed by atoms with Crippen molar-refractivity contribution in [2.24, 2.45) is 0 Å². The minimum absolute atomic E-state index is 0.0142. The van der Waals surface area contributed by atoms with Crippen LogP contribution in [0.1, 0.15) is 23.6 Å². The summed E-state index contributed by atoms with van der Waals surface area (Å²) < 4.78 is 10.0. The van der Waals surface area contributed by atoms with Gasteiger partial charge < -0.3 is 14.4 Å². The first-order valence-electron chi connectivity index (χ1n) is 7.96. The Morgan fingerprint density at radius 2 is 1.84 bits per heavy atom. The van der Waals surface area contributed by atoms with Gasteiger partial charge in [0.2, 0.25) is 5.91 Å². The topological polar surface area (TPSA) is 55.8 Å². The molecule has 1 heterocycles. The van der Waals surface area contributed by atoms with E-state index >= 15 is 0 Å². The lowest BCUT2D eigenvalue weighted by Crippen LogP contribution is -2.29. The molecule has 0 fully saturated rings. The van der Waals surface area contributed by atoms with Gasteiger partial charge in [-0.05, 0) is 34.9 Å². The maximum atomic E-state index is 12.1. The van der Waals surface area contributed by atoms with E-state index in [2.05, 4.69) is 4.74 Å². The average molecular weight is 337 g/mol. The van der Waals surface area contributed by atoms with Gasteiger partial charge in [-0.25, -0.2) is 4.79 Å². The second-order valence-electron chi connectivity index (χ2n) is 5.72. The number of esters is 1. The number of anilines is 1. The highest BCUT2D eigenvalue weighted by molar-refractivity contribution is 5.95. The van der Waals surface area contributed by atoms with Crippen molar-refractivity contribution in [1.82, 2.24) is 0 Å². The molecule has 0 saturated carbocycles. The molecular formula is C20H19NO4. The Morgan fingerprint density at radius 3 is 2.60 bits per heavy atom. The van der Waals surface area contributed by atoms with Crippen LogP contribution in [0.15, 0.2) is 42.5 Å². The van der Waals surface area contributed by atoms with Crippen LogP contribution in [-0.2, 0) is 20.9 Å². The molecular weight excluding hydrogens is 318 g/mol. The highest BCUT2D eigenvalue weighted by Gasteiger charge is 2.18. The lowest BCUT2D eigenvalue weighted by Gasteiger charge is -2.26. The minimum atomic E-state index is -0.432.